The first-order valence-corrected chi connectivity index (χ1v) is 18.0. The molecule has 9 rings (SSSR count). The van der Waals surface area contributed by atoms with Crippen molar-refractivity contribution in [3.8, 4) is 11.1 Å². The number of aliphatic hydroxyl groups excluding tert-OH is 1. The maximum Gasteiger partial charge on any atom is 0.246 e. The van der Waals surface area contributed by atoms with Gasteiger partial charge in [-0.25, -0.2) is 0 Å². The lowest BCUT2D eigenvalue weighted by Crippen LogP contribution is -2.10. The zero-order valence-electron chi connectivity index (χ0n) is 26.6. The second kappa shape index (κ2) is 12.2. The summed E-state index contributed by atoms with van der Waals surface area (Å²) in [6.07, 6.45) is 5.43. The van der Waals surface area contributed by atoms with Crippen molar-refractivity contribution in [3.05, 3.63) is 185 Å². The highest BCUT2D eigenvalue weighted by atomic mass is 32.2. The molecule has 1 aliphatic carbocycles. The second-order valence-corrected chi connectivity index (χ2v) is 14.2. The zero-order chi connectivity index (χ0) is 33.8. The Kier molecular flexibility index (Phi) is 7.38. The van der Waals surface area contributed by atoms with Crippen LogP contribution in [0.15, 0.2) is 173 Å². The topological polar surface area (TPSA) is 54.4 Å². The van der Waals surface area contributed by atoms with Gasteiger partial charge < -0.3 is 5.11 Å². The van der Waals surface area contributed by atoms with Gasteiger partial charge in [0.2, 0.25) is 33.0 Å². The van der Waals surface area contributed by atoms with E-state index in [1.54, 1.807) is 35.3 Å². The minimum atomic E-state index is -0.717. The Hall–Kier alpha value is -5.88. The van der Waals surface area contributed by atoms with E-state index in [0.29, 0.717) is 0 Å². The van der Waals surface area contributed by atoms with Gasteiger partial charge in [-0.05, 0) is 68.8 Å². The minimum absolute atomic E-state index is 0.000630. The van der Waals surface area contributed by atoms with Gasteiger partial charge in [0.1, 0.15) is 5.76 Å². The van der Waals surface area contributed by atoms with Crippen LogP contribution in [0.2, 0.25) is 0 Å². The van der Waals surface area contributed by atoms with Gasteiger partial charge in [-0.3, -0.25) is 9.59 Å². The fourth-order valence-electron chi connectivity index (χ4n) is 6.88. The van der Waals surface area contributed by atoms with E-state index in [-0.39, 0.29) is 16.9 Å². The van der Waals surface area contributed by atoms with Crippen LogP contribution in [0.1, 0.15) is 16.7 Å². The van der Waals surface area contributed by atoms with E-state index in [2.05, 4.69) is 66.0 Å². The Morgan fingerprint density at radius 1 is 0.580 bits per heavy atom. The molecule has 0 bridgehead atoms. The number of benzene rings is 6. The van der Waals surface area contributed by atoms with E-state index >= 15 is 0 Å². The Balaban J connectivity index is 1.26. The van der Waals surface area contributed by atoms with Crippen LogP contribution < -0.4 is 0 Å². The third-order valence-electron chi connectivity index (χ3n) is 9.38. The first kappa shape index (κ1) is 30.2. The largest absolute Gasteiger partial charge is 0.506 e. The van der Waals surface area contributed by atoms with Crippen LogP contribution in [0.5, 0.6) is 0 Å². The highest BCUT2D eigenvalue weighted by molar-refractivity contribution is 8.08. The molecule has 0 saturated heterocycles. The molecular formula is C45H27O3S2+. The number of aliphatic hydroxyl groups is 1. The summed E-state index contributed by atoms with van der Waals surface area (Å²) in [6.45, 7) is 0. The van der Waals surface area contributed by atoms with E-state index in [0.717, 1.165) is 74.8 Å². The van der Waals surface area contributed by atoms with Gasteiger partial charge in [-0.1, -0.05) is 133 Å². The molecule has 1 aromatic heterocycles. The van der Waals surface area contributed by atoms with Crippen molar-refractivity contribution in [2.75, 3.05) is 0 Å². The van der Waals surface area contributed by atoms with Crippen molar-refractivity contribution >= 4 is 82.9 Å². The number of hydrogen-bond acceptors (Lipinski definition) is 4. The lowest BCUT2D eigenvalue weighted by Gasteiger charge is -2.21. The molecule has 236 valence electrons. The Labute approximate surface area is 296 Å². The van der Waals surface area contributed by atoms with Crippen molar-refractivity contribution < 1.29 is 14.7 Å². The second-order valence-electron chi connectivity index (χ2n) is 12.3. The molecule has 1 N–H and O–H groups in total. The van der Waals surface area contributed by atoms with Crippen LogP contribution in [0.3, 0.4) is 0 Å². The highest BCUT2D eigenvalue weighted by Gasteiger charge is 2.36. The summed E-state index contributed by atoms with van der Waals surface area (Å²) in [6, 6.07) is 44.8. The maximum atomic E-state index is 13.8. The van der Waals surface area contributed by atoms with Crippen LogP contribution in [-0.2, 0) is 9.59 Å². The molecule has 0 atom stereocenters. The molecule has 0 spiro atoms. The van der Waals surface area contributed by atoms with Crippen LogP contribution >= 0.6 is 23.1 Å². The molecule has 2 aliphatic rings. The number of hydrogen-bond donors (Lipinski definition) is 1. The number of allylic oxidation sites excluding steroid dienone is 5. The SMILES string of the molecule is O=C1C(=O)/C(=C\c2c(-c3ccccc3)c[s+]c3c2ccc2ccccc23)C(O)=C1/C=C1\C=C(c2ccccc2)Sc2c1ccc1ccccc21. The van der Waals surface area contributed by atoms with Gasteiger partial charge in [0, 0.05) is 31.7 Å². The van der Waals surface area contributed by atoms with E-state index < -0.39 is 11.6 Å². The van der Waals surface area contributed by atoms with Crippen LogP contribution in [0, 0.1) is 0 Å². The molecule has 2 heterocycles. The third-order valence-corrected chi connectivity index (χ3v) is 11.6. The number of Topliss-reactive ketones (excluding diaryl/α,β-unsaturated/α-hetero) is 2. The van der Waals surface area contributed by atoms with Crippen LogP contribution in [-0.4, -0.2) is 16.7 Å². The van der Waals surface area contributed by atoms with Crippen molar-refractivity contribution in [1.29, 1.82) is 0 Å². The summed E-state index contributed by atoms with van der Waals surface area (Å²) in [5.74, 6) is -1.74. The van der Waals surface area contributed by atoms with Gasteiger partial charge in [0.25, 0.3) is 0 Å². The molecule has 0 amide bonds. The molecule has 50 heavy (non-hydrogen) atoms. The van der Waals surface area contributed by atoms with Crippen molar-refractivity contribution in [3.63, 3.8) is 0 Å². The highest BCUT2D eigenvalue weighted by Crippen LogP contribution is 2.48. The Bertz CT molecular complexity index is 2700. The summed E-state index contributed by atoms with van der Waals surface area (Å²) in [4.78, 5) is 29.7. The van der Waals surface area contributed by atoms with Crippen molar-refractivity contribution in [2.24, 2.45) is 0 Å². The molecule has 0 radical (unpaired) electrons. The zero-order valence-corrected chi connectivity index (χ0v) is 28.2. The van der Waals surface area contributed by atoms with Gasteiger partial charge in [-0.15, -0.1) is 0 Å². The van der Waals surface area contributed by atoms with E-state index in [9.17, 15) is 14.7 Å². The number of carbonyl (C=O) groups is 2. The van der Waals surface area contributed by atoms with E-state index in [1.165, 1.54) is 0 Å². The van der Waals surface area contributed by atoms with Gasteiger partial charge in [0.05, 0.1) is 11.1 Å². The summed E-state index contributed by atoms with van der Waals surface area (Å²) in [7, 11) is 0. The van der Waals surface area contributed by atoms with Gasteiger partial charge in [0.15, 0.2) is 0 Å². The van der Waals surface area contributed by atoms with E-state index in [1.807, 2.05) is 78.9 Å². The minimum Gasteiger partial charge on any atom is -0.506 e. The van der Waals surface area contributed by atoms with Gasteiger partial charge >= 0.3 is 0 Å². The van der Waals surface area contributed by atoms with Crippen LogP contribution in [0.4, 0.5) is 0 Å². The number of fused-ring (bicyclic) bond motifs is 6. The van der Waals surface area contributed by atoms with Crippen molar-refractivity contribution in [2.45, 2.75) is 4.90 Å². The standard InChI is InChI=1S/C45H26O3S2/c46-41-37(23-31-24-40(30-15-5-2-6-16-30)50-45-33-18-10-8-14-29(33)19-21-34(31)45)42(47)43(48)38(41)25-36-35-22-20-28-13-7-9-17-32(28)44(35)49-26-39(36)27-11-3-1-4-12-27/h1-26H/p+1. The quantitative estimate of drug-likeness (QED) is 0.0871. The summed E-state index contributed by atoms with van der Waals surface area (Å²) >= 11 is 3.33. The summed E-state index contributed by atoms with van der Waals surface area (Å²) in [5, 5.41) is 19.3. The normalized spacial score (nSPS) is 16.2. The molecule has 0 unspecified atom stereocenters. The number of thioether (sulfide) groups is 1. The third kappa shape index (κ3) is 5.02. The average molecular weight is 680 g/mol. The molecule has 0 saturated carbocycles. The number of rotatable bonds is 4. The predicted octanol–water partition coefficient (Wildman–Crippen LogP) is 11.7. The average Bonchev–Trinajstić information content (AvgIpc) is 3.37. The molecule has 0 fully saturated rings. The molecule has 5 heteroatoms. The lowest BCUT2D eigenvalue weighted by atomic mass is 9.96. The van der Waals surface area contributed by atoms with Gasteiger partial charge in [-0.2, -0.15) is 0 Å². The van der Waals surface area contributed by atoms with Crippen LogP contribution in [0.25, 0.3) is 59.3 Å². The Morgan fingerprint density at radius 2 is 1.22 bits per heavy atom. The molecule has 6 aromatic carbocycles. The number of carbonyl (C=O) groups excluding carboxylic acids is 2. The fourth-order valence-corrected chi connectivity index (χ4v) is 9.25. The maximum absolute atomic E-state index is 13.8. The van der Waals surface area contributed by atoms with Crippen molar-refractivity contribution in [1.82, 2.24) is 0 Å². The lowest BCUT2D eigenvalue weighted by molar-refractivity contribution is -0.131. The first-order valence-electron chi connectivity index (χ1n) is 16.3. The summed E-state index contributed by atoms with van der Waals surface area (Å²) in [5.41, 5.74) is 5.44. The fraction of sp³-hybridized carbons (Fsp3) is 0. The Morgan fingerprint density at radius 3 is 1.98 bits per heavy atom. The molecular weight excluding hydrogens is 653 g/mol. The monoisotopic (exact) mass is 679 g/mol. The number of ketones is 2. The smallest absolute Gasteiger partial charge is 0.246 e. The van der Waals surface area contributed by atoms with E-state index in [4.69, 9.17) is 0 Å². The predicted molar refractivity (Wildman–Crippen MR) is 209 cm³/mol. The first-order chi connectivity index (χ1) is 24.5. The summed E-state index contributed by atoms with van der Waals surface area (Å²) < 4.78 is 1.07. The molecule has 3 nitrogen and oxygen atoms in total. The molecule has 7 aromatic rings. The molecule has 1 aliphatic heterocycles.